The van der Waals surface area contributed by atoms with E-state index < -0.39 is 0 Å². The third kappa shape index (κ3) is 7.01. The van der Waals surface area contributed by atoms with Crippen LogP contribution < -0.4 is 10.1 Å². The maximum Gasteiger partial charge on any atom is 0.193 e. The minimum absolute atomic E-state index is 0. The molecular formula is C22H32IN3O3. The number of guanidine groups is 1. The van der Waals surface area contributed by atoms with E-state index in [4.69, 9.17) is 14.2 Å². The largest absolute Gasteiger partial charge is 0.491 e. The quantitative estimate of drug-likeness (QED) is 0.241. The van der Waals surface area contributed by atoms with Crippen molar-refractivity contribution in [3.8, 4) is 5.75 Å². The molecule has 0 aliphatic carbocycles. The van der Waals surface area contributed by atoms with Gasteiger partial charge in [0.15, 0.2) is 5.96 Å². The summed E-state index contributed by atoms with van der Waals surface area (Å²) in [5, 5.41) is 5.75. The standard InChI is InChI=1S/C22H31N3O3.HI/c1-23-22(25-12-10-18(16-25)17-27-15-14-26-2)24-11-13-28-21-9-5-7-19-6-3-4-8-20(19)21;/h3-9,18H,10-17H2,1-2H3,(H,23,24);1H. The number of fused-ring (bicyclic) bond motifs is 1. The molecule has 1 N–H and O–H groups in total. The number of methoxy groups -OCH3 is 1. The van der Waals surface area contributed by atoms with Crippen LogP contribution in [-0.4, -0.2) is 71.1 Å². The van der Waals surface area contributed by atoms with Gasteiger partial charge >= 0.3 is 0 Å². The van der Waals surface area contributed by atoms with E-state index in [1.807, 2.05) is 31.3 Å². The highest BCUT2D eigenvalue weighted by Gasteiger charge is 2.24. The summed E-state index contributed by atoms with van der Waals surface area (Å²) in [5.41, 5.74) is 0. The van der Waals surface area contributed by atoms with E-state index >= 15 is 0 Å². The van der Waals surface area contributed by atoms with Crippen LogP contribution in [0, 0.1) is 5.92 Å². The number of ether oxygens (including phenoxy) is 3. The molecule has 2 aromatic rings. The molecule has 6 nitrogen and oxygen atoms in total. The minimum atomic E-state index is 0. The molecule has 1 aliphatic rings. The second-order valence-corrected chi connectivity index (χ2v) is 6.97. The van der Waals surface area contributed by atoms with E-state index in [-0.39, 0.29) is 24.0 Å². The van der Waals surface area contributed by atoms with Crippen LogP contribution in [-0.2, 0) is 9.47 Å². The summed E-state index contributed by atoms with van der Waals surface area (Å²) in [6.07, 6.45) is 1.13. The number of benzene rings is 2. The number of aliphatic imine (C=N–C) groups is 1. The molecule has 29 heavy (non-hydrogen) atoms. The molecule has 1 aliphatic heterocycles. The molecule has 0 bridgehead atoms. The lowest BCUT2D eigenvalue weighted by Gasteiger charge is -2.22. The molecule has 0 amide bonds. The Kier molecular flexibility index (Phi) is 10.5. The van der Waals surface area contributed by atoms with Gasteiger partial charge in [0, 0.05) is 38.6 Å². The van der Waals surface area contributed by atoms with Crippen LogP contribution >= 0.6 is 24.0 Å². The molecule has 3 rings (SSSR count). The summed E-state index contributed by atoms with van der Waals surface area (Å²) in [4.78, 5) is 6.72. The van der Waals surface area contributed by atoms with E-state index in [1.165, 1.54) is 5.39 Å². The molecule has 7 heteroatoms. The maximum absolute atomic E-state index is 6.01. The zero-order chi connectivity index (χ0) is 19.6. The summed E-state index contributed by atoms with van der Waals surface area (Å²) in [6, 6.07) is 14.4. The summed E-state index contributed by atoms with van der Waals surface area (Å²) >= 11 is 0. The molecule has 1 fully saturated rings. The van der Waals surface area contributed by atoms with Gasteiger partial charge in [0.1, 0.15) is 12.4 Å². The van der Waals surface area contributed by atoms with Crippen molar-refractivity contribution in [3.63, 3.8) is 0 Å². The number of nitrogens with one attached hydrogen (secondary N) is 1. The number of likely N-dealkylation sites (tertiary alicyclic amines) is 1. The Morgan fingerprint density at radius 2 is 1.97 bits per heavy atom. The average Bonchev–Trinajstić information content (AvgIpc) is 3.20. The fraction of sp³-hybridized carbons (Fsp3) is 0.500. The SMILES string of the molecule is CN=C(NCCOc1cccc2ccccc12)N1CCC(COCCOC)C1.I. The van der Waals surface area contributed by atoms with Gasteiger partial charge in [-0.2, -0.15) is 0 Å². The third-order valence-electron chi connectivity index (χ3n) is 4.97. The van der Waals surface area contributed by atoms with Gasteiger partial charge in [-0.1, -0.05) is 36.4 Å². The van der Waals surface area contributed by atoms with Crippen molar-refractivity contribution >= 4 is 40.7 Å². The van der Waals surface area contributed by atoms with Gasteiger partial charge < -0.3 is 24.4 Å². The molecule has 0 aromatic heterocycles. The van der Waals surface area contributed by atoms with E-state index in [0.717, 1.165) is 43.2 Å². The van der Waals surface area contributed by atoms with Crippen molar-refractivity contribution in [2.45, 2.75) is 6.42 Å². The summed E-state index contributed by atoms with van der Waals surface area (Å²) in [5.74, 6) is 2.40. The lowest BCUT2D eigenvalue weighted by Crippen LogP contribution is -2.41. The molecule has 1 saturated heterocycles. The molecule has 1 atom stereocenters. The smallest absolute Gasteiger partial charge is 0.193 e. The van der Waals surface area contributed by atoms with Gasteiger partial charge in [0.2, 0.25) is 0 Å². The first-order chi connectivity index (χ1) is 13.8. The number of nitrogens with zero attached hydrogens (tertiary/aromatic N) is 2. The normalized spacial score (nSPS) is 16.7. The van der Waals surface area contributed by atoms with Gasteiger partial charge in [0.05, 0.1) is 26.4 Å². The Balaban J connectivity index is 0.00000300. The van der Waals surface area contributed by atoms with Gasteiger partial charge in [-0.25, -0.2) is 0 Å². The van der Waals surface area contributed by atoms with Crippen LogP contribution in [0.25, 0.3) is 10.8 Å². The molecule has 1 unspecified atom stereocenters. The van der Waals surface area contributed by atoms with Crippen molar-refractivity contribution < 1.29 is 14.2 Å². The van der Waals surface area contributed by atoms with Crippen molar-refractivity contribution in [2.75, 3.05) is 60.2 Å². The Morgan fingerprint density at radius 3 is 2.79 bits per heavy atom. The highest BCUT2D eigenvalue weighted by Crippen LogP contribution is 2.24. The van der Waals surface area contributed by atoms with Crippen molar-refractivity contribution in [2.24, 2.45) is 10.9 Å². The van der Waals surface area contributed by atoms with Gasteiger partial charge in [-0.3, -0.25) is 4.99 Å². The second kappa shape index (κ2) is 12.9. The first-order valence-corrected chi connectivity index (χ1v) is 9.94. The lowest BCUT2D eigenvalue weighted by molar-refractivity contribution is 0.0536. The summed E-state index contributed by atoms with van der Waals surface area (Å²) < 4.78 is 16.7. The second-order valence-electron chi connectivity index (χ2n) is 6.97. The molecule has 0 spiro atoms. The first-order valence-electron chi connectivity index (χ1n) is 9.94. The number of rotatable bonds is 9. The van der Waals surface area contributed by atoms with Crippen LogP contribution in [0.4, 0.5) is 0 Å². The number of halogens is 1. The van der Waals surface area contributed by atoms with E-state index in [2.05, 4.69) is 33.4 Å². The highest BCUT2D eigenvalue weighted by atomic mass is 127. The topological polar surface area (TPSA) is 55.3 Å². The fourth-order valence-corrected chi connectivity index (χ4v) is 3.53. The molecule has 160 valence electrons. The van der Waals surface area contributed by atoms with Crippen LogP contribution in [0.3, 0.4) is 0 Å². The van der Waals surface area contributed by atoms with Gasteiger partial charge in [-0.05, 0) is 17.9 Å². The average molecular weight is 513 g/mol. The van der Waals surface area contributed by atoms with Gasteiger partial charge in [0.25, 0.3) is 0 Å². The number of hydrogen-bond donors (Lipinski definition) is 1. The first kappa shape index (κ1) is 23.7. The van der Waals surface area contributed by atoms with Crippen LogP contribution in [0.1, 0.15) is 6.42 Å². The van der Waals surface area contributed by atoms with Crippen LogP contribution in [0.5, 0.6) is 5.75 Å². The van der Waals surface area contributed by atoms with Crippen molar-refractivity contribution in [3.05, 3.63) is 42.5 Å². The molecular weight excluding hydrogens is 481 g/mol. The van der Waals surface area contributed by atoms with Crippen LogP contribution in [0.2, 0.25) is 0 Å². The van der Waals surface area contributed by atoms with E-state index in [0.29, 0.717) is 32.3 Å². The maximum atomic E-state index is 6.01. The molecule has 0 radical (unpaired) electrons. The van der Waals surface area contributed by atoms with Gasteiger partial charge in [-0.15, -0.1) is 24.0 Å². The fourth-order valence-electron chi connectivity index (χ4n) is 3.53. The zero-order valence-electron chi connectivity index (χ0n) is 17.3. The van der Waals surface area contributed by atoms with Crippen molar-refractivity contribution in [1.29, 1.82) is 0 Å². The predicted molar refractivity (Wildman–Crippen MR) is 129 cm³/mol. The molecule has 0 saturated carbocycles. The minimum Gasteiger partial charge on any atom is -0.491 e. The van der Waals surface area contributed by atoms with Crippen molar-refractivity contribution in [1.82, 2.24) is 10.2 Å². The Labute approximate surface area is 190 Å². The van der Waals surface area contributed by atoms with E-state index in [9.17, 15) is 0 Å². The Hall–Kier alpha value is -1.58. The predicted octanol–water partition coefficient (Wildman–Crippen LogP) is 3.40. The monoisotopic (exact) mass is 513 g/mol. The highest BCUT2D eigenvalue weighted by molar-refractivity contribution is 14.0. The number of hydrogen-bond acceptors (Lipinski definition) is 4. The molecule has 1 heterocycles. The third-order valence-corrected chi connectivity index (χ3v) is 4.97. The van der Waals surface area contributed by atoms with E-state index in [1.54, 1.807) is 7.11 Å². The summed E-state index contributed by atoms with van der Waals surface area (Å²) in [6.45, 7) is 5.35. The van der Waals surface area contributed by atoms with Crippen LogP contribution in [0.15, 0.2) is 47.5 Å². The summed E-state index contributed by atoms with van der Waals surface area (Å²) in [7, 11) is 3.52. The lowest BCUT2D eigenvalue weighted by atomic mass is 10.1. The Bertz CT molecular complexity index is 767. The zero-order valence-corrected chi connectivity index (χ0v) is 19.6. The Morgan fingerprint density at radius 1 is 1.14 bits per heavy atom. The molecule has 2 aromatic carbocycles.